The Hall–Kier alpha value is -7.26. The molecule has 3 rings (SSSR count). The number of hydrazone groups is 1. The number of Topliss-reactive ketones (excluding diaryl/α,β-unsaturated/α-hetero) is 1. The summed E-state index contributed by atoms with van der Waals surface area (Å²) in [6.07, 6.45) is 4.34. The average molecular weight is 905 g/mol. The highest BCUT2D eigenvalue weighted by molar-refractivity contribution is 6.35. The molecule has 0 spiro atoms. The minimum Gasteiger partial charge on any atom is -0.464 e. The van der Waals surface area contributed by atoms with Crippen LogP contribution in [0.3, 0.4) is 0 Å². The summed E-state index contributed by atoms with van der Waals surface area (Å²) in [7, 11) is 2.66. The van der Waals surface area contributed by atoms with Gasteiger partial charge in [-0.1, -0.05) is 20.3 Å². The molecular formula is C43H60N12O10. The zero-order valence-electron chi connectivity index (χ0n) is 37.6. The number of aromatic nitrogens is 1. The highest BCUT2D eigenvalue weighted by Crippen LogP contribution is 2.19. The number of fused-ring (bicyclic) bond motifs is 2. The molecule has 65 heavy (non-hydrogen) atoms. The van der Waals surface area contributed by atoms with Crippen LogP contribution in [0.4, 0.5) is 11.5 Å². The summed E-state index contributed by atoms with van der Waals surface area (Å²) in [4.78, 5) is 126. The third-order valence-corrected chi connectivity index (χ3v) is 9.99. The second kappa shape index (κ2) is 26.4. The van der Waals surface area contributed by atoms with Crippen molar-refractivity contribution < 1.29 is 47.9 Å². The van der Waals surface area contributed by atoms with Gasteiger partial charge in [0.05, 0.1) is 25.6 Å². The van der Waals surface area contributed by atoms with E-state index in [0.29, 0.717) is 49.2 Å². The number of nitrogens with two attached hydrogens (primary N) is 1. The van der Waals surface area contributed by atoms with E-state index in [1.54, 1.807) is 26.0 Å². The van der Waals surface area contributed by atoms with E-state index in [2.05, 4.69) is 57.1 Å². The number of likely N-dealkylation sites (N-methyl/N-ethyl adjacent to an activating group) is 1. The minimum atomic E-state index is -1.30. The number of ketones is 1. The normalized spacial score (nSPS) is 17.8. The number of rotatable bonds is 18. The fraction of sp³-hybridized carbons (Fsp3) is 0.488. The second-order valence-corrected chi connectivity index (χ2v) is 15.6. The molecule has 22 nitrogen and oxygen atoms in total. The lowest BCUT2D eigenvalue weighted by molar-refractivity contribution is -0.141. The van der Waals surface area contributed by atoms with E-state index in [-0.39, 0.29) is 66.9 Å². The molecule has 1 aromatic carbocycles. The standard InChI is InChI=1S/C43H60N12O10/c1-25(2)37-42(63)55(5)33(11-10-15-45-24-44)41(62)49-23-36(58)51-32(17-26(3)56)40(61)48-21-28-18-30(39(60)52-37)20-31(19-28)50-35(57)12-8-7-9-16-46-38(59)29-13-14-34(47-22-29)54-53-27(4)43(64)65-6/h13-14,18-20,22,24-25,32-33,37H,7-12,15-17,21,23H2,1-6H3,(H2,44,45)(H,46,59)(H,47,54)(H,48,61)(H,49,62)(H,50,57)(H,51,58)(H,52,60)/b53-27-/t32-,33-,37?/m0/s1. The largest absolute Gasteiger partial charge is 0.464 e. The minimum absolute atomic E-state index is 0.0517. The molecule has 9 N–H and O–H groups in total. The van der Waals surface area contributed by atoms with E-state index >= 15 is 0 Å². The van der Waals surface area contributed by atoms with Gasteiger partial charge in [-0.05, 0) is 81.3 Å². The van der Waals surface area contributed by atoms with Gasteiger partial charge in [0.25, 0.3) is 11.8 Å². The SMILES string of the molecule is COC(=O)/C(C)=N\Nc1ccc(C(=O)NCCCCCC(=O)Nc2cc3cc(c2)C(=O)NC(C(C)C)C(=O)N(C)[C@@H](CCCN=CN)C(=O)NCC(=O)N[C@@H](CC(C)=O)C(=O)NC3)cn1. The summed E-state index contributed by atoms with van der Waals surface area (Å²) in [5, 5.41) is 19.9. The zero-order valence-corrected chi connectivity index (χ0v) is 37.6. The van der Waals surface area contributed by atoms with Gasteiger partial charge in [-0.3, -0.25) is 48.8 Å². The van der Waals surface area contributed by atoms with Gasteiger partial charge >= 0.3 is 5.97 Å². The molecule has 2 heterocycles. The number of carbonyl (C=O) groups is 9. The predicted octanol–water partition coefficient (Wildman–Crippen LogP) is 0.530. The van der Waals surface area contributed by atoms with E-state index in [1.807, 2.05) is 0 Å². The molecule has 1 aromatic heterocycles. The number of hydrogen-bond donors (Lipinski definition) is 8. The van der Waals surface area contributed by atoms with E-state index in [1.165, 1.54) is 57.3 Å². The fourth-order valence-electron chi connectivity index (χ4n) is 6.44. The molecule has 2 aromatic rings. The number of pyridine rings is 1. The lowest BCUT2D eigenvalue weighted by Crippen LogP contribution is -2.57. The second-order valence-electron chi connectivity index (χ2n) is 15.6. The van der Waals surface area contributed by atoms with Crippen molar-refractivity contribution in [2.75, 3.05) is 44.5 Å². The molecule has 2 bridgehead atoms. The quantitative estimate of drug-likeness (QED) is 0.0333. The van der Waals surface area contributed by atoms with Gasteiger partial charge in [0, 0.05) is 57.0 Å². The molecule has 1 aliphatic heterocycles. The first-order valence-electron chi connectivity index (χ1n) is 21.1. The Morgan fingerprint density at radius 2 is 1.71 bits per heavy atom. The Kier molecular flexibility index (Phi) is 21.1. The first-order valence-corrected chi connectivity index (χ1v) is 21.1. The van der Waals surface area contributed by atoms with Gasteiger partial charge in [0.1, 0.15) is 35.4 Å². The van der Waals surface area contributed by atoms with Crippen LogP contribution in [0.1, 0.15) is 98.9 Å². The average Bonchev–Trinajstić information content (AvgIpc) is 3.27. The van der Waals surface area contributed by atoms with Crippen LogP contribution in [0.25, 0.3) is 0 Å². The van der Waals surface area contributed by atoms with Crippen LogP contribution >= 0.6 is 0 Å². The monoisotopic (exact) mass is 904 g/mol. The molecule has 1 unspecified atom stereocenters. The van der Waals surface area contributed by atoms with Crippen LogP contribution in [0.2, 0.25) is 0 Å². The maximum Gasteiger partial charge on any atom is 0.353 e. The highest BCUT2D eigenvalue weighted by Gasteiger charge is 2.34. The number of carbonyl (C=O) groups excluding carboxylic acids is 9. The number of amides is 7. The molecule has 0 fully saturated rings. The molecule has 0 radical (unpaired) electrons. The number of unbranched alkanes of at least 4 members (excludes halogenated alkanes) is 2. The number of anilines is 2. The first kappa shape index (κ1) is 52.1. The number of nitrogens with zero attached hydrogens (tertiary/aromatic N) is 4. The Balaban J connectivity index is 1.74. The molecule has 22 heteroatoms. The zero-order chi connectivity index (χ0) is 48.1. The molecule has 0 saturated carbocycles. The van der Waals surface area contributed by atoms with E-state index in [4.69, 9.17) is 5.73 Å². The van der Waals surface area contributed by atoms with Crippen molar-refractivity contribution in [2.45, 2.75) is 97.3 Å². The number of nitrogens with one attached hydrogen (secondary N) is 7. The van der Waals surface area contributed by atoms with Crippen LogP contribution in [0.15, 0.2) is 46.6 Å². The molecule has 0 aliphatic carbocycles. The molecule has 0 saturated heterocycles. The van der Waals surface area contributed by atoms with E-state index in [0.717, 1.165) is 6.34 Å². The Bertz CT molecular complexity index is 2110. The lowest BCUT2D eigenvalue weighted by Gasteiger charge is -2.32. The van der Waals surface area contributed by atoms with Gasteiger partial charge in [-0.15, -0.1) is 0 Å². The van der Waals surface area contributed by atoms with E-state index in [9.17, 15) is 43.2 Å². The number of methoxy groups -OCH3 is 1. The number of ether oxygens (including phenoxy) is 1. The first-order chi connectivity index (χ1) is 30.9. The fourth-order valence-corrected chi connectivity index (χ4v) is 6.44. The van der Waals surface area contributed by atoms with Gasteiger partial charge in [-0.25, -0.2) is 9.78 Å². The Morgan fingerprint density at radius 3 is 2.37 bits per heavy atom. The van der Waals surface area contributed by atoms with Crippen LogP contribution in [0.5, 0.6) is 0 Å². The van der Waals surface area contributed by atoms with Gasteiger partial charge in [0.15, 0.2) is 0 Å². The van der Waals surface area contributed by atoms with Crippen LogP contribution in [-0.2, 0) is 44.8 Å². The van der Waals surface area contributed by atoms with Crippen molar-refractivity contribution >= 4 is 76.7 Å². The molecule has 1 aliphatic rings. The predicted molar refractivity (Wildman–Crippen MR) is 240 cm³/mol. The van der Waals surface area contributed by atoms with Gasteiger partial charge < -0.3 is 47.3 Å². The third-order valence-electron chi connectivity index (χ3n) is 9.99. The molecule has 3 atom stereocenters. The molecule has 7 amide bonds. The molecular weight excluding hydrogens is 845 g/mol. The van der Waals surface area contributed by atoms with Crippen molar-refractivity contribution in [1.29, 1.82) is 0 Å². The van der Waals surface area contributed by atoms with E-state index < -0.39 is 66.1 Å². The van der Waals surface area contributed by atoms with Crippen molar-refractivity contribution in [2.24, 2.45) is 21.7 Å². The van der Waals surface area contributed by atoms with Gasteiger partial charge in [0.2, 0.25) is 29.5 Å². The van der Waals surface area contributed by atoms with Crippen LogP contribution in [-0.4, -0.2) is 127 Å². The van der Waals surface area contributed by atoms with Crippen LogP contribution in [0, 0.1) is 5.92 Å². The summed E-state index contributed by atoms with van der Waals surface area (Å²) < 4.78 is 4.58. The number of benzene rings is 1. The number of aliphatic imine (C=N–C) groups is 1. The summed E-state index contributed by atoms with van der Waals surface area (Å²) >= 11 is 0. The lowest BCUT2D eigenvalue weighted by atomic mass is 9.99. The summed E-state index contributed by atoms with van der Waals surface area (Å²) in [6.45, 7) is 6.04. The number of hydrogen-bond acceptors (Lipinski definition) is 14. The number of esters is 1. The third kappa shape index (κ3) is 17.4. The summed E-state index contributed by atoms with van der Waals surface area (Å²) in [6, 6.07) is 4.06. The smallest absolute Gasteiger partial charge is 0.353 e. The van der Waals surface area contributed by atoms with Crippen LogP contribution < -0.4 is 43.1 Å². The summed E-state index contributed by atoms with van der Waals surface area (Å²) in [5.41, 5.74) is 9.03. The highest BCUT2D eigenvalue weighted by atomic mass is 16.5. The molecule has 352 valence electrons. The Morgan fingerprint density at radius 1 is 0.969 bits per heavy atom. The van der Waals surface area contributed by atoms with Crippen molar-refractivity contribution in [3.63, 3.8) is 0 Å². The van der Waals surface area contributed by atoms with Crippen molar-refractivity contribution in [3.05, 3.63) is 53.2 Å². The summed E-state index contributed by atoms with van der Waals surface area (Å²) in [5.74, 6) is -5.19. The topological polar surface area (TPSA) is 314 Å². The maximum atomic E-state index is 14.0. The van der Waals surface area contributed by atoms with Gasteiger partial charge in [-0.2, -0.15) is 5.10 Å². The Labute approximate surface area is 377 Å². The van der Waals surface area contributed by atoms with Crippen molar-refractivity contribution in [1.82, 2.24) is 36.5 Å². The van der Waals surface area contributed by atoms with Crippen molar-refractivity contribution in [3.8, 4) is 0 Å². The maximum absolute atomic E-state index is 14.0.